The van der Waals surface area contributed by atoms with Crippen molar-refractivity contribution in [3.05, 3.63) is 0 Å². The van der Waals surface area contributed by atoms with Crippen LogP contribution in [-0.2, 0) is 9.63 Å². The molecule has 0 rings (SSSR count). The van der Waals surface area contributed by atoms with Crippen LogP contribution in [0.1, 0.15) is 32.6 Å². The number of unbranched alkanes of at least 4 members (excludes halogenated alkanes) is 2. The number of rotatable bonds is 4. The SMILES string of the molecule is CCCCCC(=O)ON.[CaH2]. The molecule has 4 heteroatoms. The van der Waals surface area contributed by atoms with E-state index in [-0.39, 0.29) is 43.7 Å². The van der Waals surface area contributed by atoms with Crippen molar-refractivity contribution in [3.8, 4) is 0 Å². The third kappa shape index (κ3) is 8.69. The van der Waals surface area contributed by atoms with Crippen LogP contribution in [0.3, 0.4) is 0 Å². The third-order valence-electron chi connectivity index (χ3n) is 1.12. The number of nitrogens with two attached hydrogens (primary N) is 1. The molecule has 0 aliphatic rings. The van der Waals surface area contributed by atoms with Gasteiger partial charge in [0.15, 0.2) is 0 Å². The van der Waals surface area contributed by atoms with Crippen LogP contribution in [0.2, 0.25) is 0 Å². The van der Waals surface area contributed by atoms with Gasteiger partial charge in [0.25, 0.3) is 0 Å². The molecule has 0 saturated heterocycles. The third-order valence-corrected chi connectivity index (χ3v) is 1.12. The van der Waals surface area contributed by atoms with Gasteiger partial charge >= 0.3 is 43.7 Å². The quantitative estimate of drug-likeness (QED) is 0.372. The molecule has 0 fully saturated rings. The Morgan fingerprint density at radius 3 is 2.50 bits per heavy atom. The first-order valence-corrected chi connectivity index (χ1v) is 3.20. The van der Waals surface area contributed by atoms with E-state index in [0.717, 1.165) is 19.3 Å². The fourth-order valence-corrected chi connectivity index (χ4v) is 0.578. The first-order valence-electron chi connectivity index (χ1n) is 3.20. The van der Waals surface area contributed by atoms with Gasteiger partial charge in [0, 0.05) is 6.42 Å². The summed E-state index contributed by atoms with van der Waals surface area (Å²) in [5, 5.41) is 0. The molecule has 0 aromatic rings. The van der Waals surface area contributed by atoms with Gasteiger partial charge < -0.3 is 4.84 Å². The Labute approximate surface area is 91.2 Å². The molecule has 0 spiro atoms. The van der Waals surface area contributed by atoms with Crippen LogP contribution in [0.15, 0.2) is 0 Å². The van der Waals surface area contributed by atoms with Gasteiger partial charge in [-0.3, -0.25) is 4.79 Å². The van der Waals surface area contributed by atoms with Crippen LogP contribution >= 0.6 is 0 Å². The predicted molar refractivity (Wildman–Crippen MR) is 43.0 cm³/mol. The zero-order valence-corrected chi connectivity index (χ0v) is 5.72. The standard InChI is InChI=1S/C6H13NO2.Ca.2H/c1-2-3-4-5-6(8)9-7;;;/h2-5,7H2,1H3;;;. The Hall–Kier alpha value is 0.690. The average Bonchev–Trinajstić information content (AvgIpc) is 1.89. The number of hydrogen-bond donors (Lipinski definition) is 1. The van der Waals surface area contributed by atoms with E-state index in [9.17, 15) is 4.79 Å². The zero-order valence-electron chi connectivity index (χ0n) is 5.72. The normalized spacial score (nSPS) is 8.20. The summed E-state index contributed by atoms with van der Waals surface area (Å²) < 4.78 is 0. The molecule has 0 aromatic heterocycles. The van der Waals surface area contributed by atoms with Gasteiger partial charge in [-0.25, -0.2) is 0 Å². The molecule has 0 bridgehead atoms. The van der Waals surface area contributed by atoms with Crippen molar-refractivity contribution in [1.82, 2.24) is 0 Å². The van der Waals surface area contributed by atoms with E-state index >= 15 is 0 Å². The van der Waals surface area contributed by atoms with E-state index in [4.69, 9.17) is 0 Å². The van der Waals surface area contributed by atoms with Crippen molar-refractivity contribution in [2.24, 2.45) is 5.90 Å². The summed E-state index contributed by atoms with van der Waals surface area (Å²) >= 11 is 0. The van der Waals surface area contributed by atoms with E-state index in [2.05, 4.69) is 17.7 Å². The summed E-state index contributed by atoms with van der Waals surface area (Å²) in [5.74, 6) is 4.29. The summed E-state index contributed by atoms with van der Waals surface area (Å²) in [6.45, 7) is 2.08. The fourth-order valence-electron chi connectivity index (χ4n) is 0.578. The van der Waals surface area contributed by atoms with Crippen molar-refractivity contribution in [1.29, 1.82) is 0 Å². The molecular formula is C6H15CaNO2. The summed E-state index contributed by atoms with van der Waals surface area (Å²) in [5.41, 5.74) is 0. The van der Waals surface area contributed by atoms with Gasteiger partial charge in [-0.15, -0.1) is 0 Å². The van der Waals surface area contributed by atoms with Crippen LogP contribution in [0.4, 0.5) is 0 Å². The molecule has 0 saturated carbocycles. The molecular weight excluding hydrogens is 158 g/mol. The molecule has 2 N–H and O–H groups in total. The maximum atomic E-state index is 10.3. The van der Waals surface area contributed by atoms with Crippen LogP contribution < -0.4 is 5.90 Å². The van der Waals surface area contributed by atoms with E-state index in [0.29, 0.717) is 6.42 Å². The predicted octanol–water partition coefficient (Wildman–Crippen LogP) is 0.0674. The van der Waals surface area contributed by atoms with Gasteiger partial charge in [0.05, 0.1) is 0 Å². The number of carbonyl (C=O) groups is 1. The van der Waals surface area contributed by atoms with Crippen LogP contribution in [-0.4, -0.2) is 43.7 Å². The van der Waals surface area contributed by atoms with Crippen molar-refractivity contribution in [2.45, 2.75) is 32.6 Å². The Kier molecular flexibility index (Phi) is 12.9. The minimum atomic E-state index is -0.316. The molecule has 58 valence electrons. The average molecular weight is 173 g/mol. The van der Waals surface area contributed by atoms with Crippen molar-refractivity contribution < 1.29 is 9.63 Å². The van der Waals surface area contributed by atoms with Crippen LogP contribution in [0, 0.1) is 0 Å². The minimum absolute atomic E-state index is 0. The Morgan fingerprint density at radius 2 is 2.10 bits per heavy atom. The zero-order chi connectivity index (χ0) is 7.11. The van der Waals surface area contributed by atoms with Gasteiger partial charge in [0.1, 0.15) is 0 Å². The molecule has 0 aliphatic heterocycles. The Morgan fingerprint density at radius 1 is 1.50 bits per heavy atom. The molecule has 0 heterocycles. The Balaban J connectivity index is 0. The number of hydrogen-bond acceptors (Lipinski definition) is 3. The van der Waals surface area contributed by atoms with Crippen molar-refractivity contribution in [3.63, 3.8) is 0 Å². The van der Waals surface area contributed by atoms with E-state index < -0.39 is 0 Å². The topological polar surface area (TPSA) is 52.3 Å². The molecule has 0 unspecified atom stereocenters. The maximum absolute atomic E-state index is 10.3. The van der Waals surface area contributed by atoms with Gasteiger partial charge in [-0.05, 0) is 6.42 Å². The molecule has 0 atom stereocenters. The van der Waals surface area contributed by atoms with E-state index in [1.54, 1.807) is 0 Å². The fraction of sp³-hybridized carbons (Fsp3) is 0.833. The first kappa shape index (κ1) is 13.3. The van der Waals surface area contributed by atoms with E-state index in [1.807, 2.05) is 0 Å². The molecule has 0 amide bonds. The number of carbonyl (C=O) groups excluding carboxylic acids is 1. The summed E-state index contributed by atoms with van der Waals surface area (Å²) in [6, 6.07) is 0. The summed E-state index contributed by atoms with van der Waals surface area (Å²) in [4.78, 5) is 14.3. The van der Waals surface area contributed by atoms with Gasteiger partial charge in [-0.2, -0.15) is 5.90 Å². The summed E-state index contributed by atoms with van der Waals surface area (Å²) in [7, 11) is 0. The molecule has 0 radical (unpaired) electrons. The Bertz CT molecular complexity index is 87.8. The molecule has 0 aromatic carbocycles. The second-order valence-corrected chi connectivity index (χ2v) is 1.95. The summed E-state index contributed by atoms with van der Waals surface area (Å²) in [6.07, 6.45) is 3.50. The van der Waals surface area contributed by atoms with Crippen molar-refractivity contribution in [2.75, 3.05) is 0 Å². The first-order chi connectivity index (χ1) is 4.31. The van der Waals surface area contributed by atoms with E-state index in [1.165, 1.54) is 0 Å². The molecule has 0 aliphatic carbocycles. The van der Waals surface area contributed by atoms with Crippen LogP contribution in [0.25, 0.3) is 0 Å². The molecule has 10 heavy (non-hydrogen) atoms. The van der Waals surface area contributed by atoms with Crippen LogP contribution in [0.5, 0.6) is 0 Å². The van der Waals surface area contributed by atoms with Crippen molar-refractivity contribution >= 4 is 43.7 Å². The monoisotopic (exact) mass is 173 g/mol. The molecule has 3 nitrogen and oxygen atoms in total. The van der Waals surface area contributed by atoms with Gasteiger partial charge in [-0.1, -0.05) is 19.8 Å². The van der Waals surface area contributed by atoms with Gasteiger partial charge in [0.2, 0.25) is 0 Å². The second kappa shape index (κ2) is 9.69. The second-order valence-electron chi connectivity index (χ2n) is 1.95.